The first-order chi connectivity index (χ1) is 9.94. The fraction of sp³-hybridized carbons (Fsp3) is 0.882. The molecule has 0 spiro atoms. The zero-order valence-corrected chi connectivity index (χ0v) is 14.3. The number of nitrogens with zero attached hydrogens (tertiary/aromatic N) is 2. The van der Waals surface area contributed by atoms with Gasteiger partial charge in [0.15, 0.2) is 0 Å². The SMILES string of the molecule is CC(C)(C)NCc1snnc1C12CC3CC(CC(C3)C1)C2. The van der Waals surface area contributed by atoms with Gasteiger partial charge in [0, 0.05) is 17.5 Å². The first-order valence-electron chi connectivity index (χ1n) is 8.50. The maximum Gasteiger partial charge on any atom is 0.0862 e. The van der Waals surface area contributed by atoms with Crippen molar-refractivity contribution < 1.29 is 0 Å². The Morgan fingerprint density at radius 1 is 1.10 bits per heavy atom. The highest BCUT2D eigenvalue weighted by Crippen LogP contribution is 2.60. The average Bonchev–Trinajstić information content (AvgIpc) is 2.82. The lowest BCUT2D eigenvalue weighted by atomic mass is 9.48. The largest absolute Gasteiger partial charge is 0.307 e. The van der Waals surface area contributed by atoms with Crippen molar-refractivity contribution in [2.75, 3.05) is 0 Å². The van der Waals surface area contributed by atoms with E-state index < -0.39 is 0 Å². The summed E-state index contributed by atoms with van der Waals surface area (Å²) in [5.41, 5.74) is 1.91. The van der Waals surface area contributed by atoms with Gasteiger partial charge in [0.25, 0.3) is 0 Å². The Labute approximate surface area is 132 Å². The Bertz CT molecular complexity index is 493. The molecular formula is C17H27N3S. The fourth-order valence-corrected chi connectivity index (χ4v) is 6.18. The van der Waals surface area contributed by atoms with Gasteiger partial charge in [0.05, 0.1) is 10.6 Å². The van der Waals surface area contributed by atoms with Crippen LogP contribution in [0.2, 0.25) is 0 Å². The lowest BCUT2D eigenvalue weighted by Crippen LogP contribution is -2.49. The smallest absolute Gasteiger partial charge is 0.0862 e. The molecule has 3 nitrogen and oxygen atoms in total. The summed E-state index contributed by atoms with van der Waals surface area (Å²) in [6.45, 7) is 7.61. The second kappa shape index (κ2) is 4.76. The Kier molecular flexibility index (Phi) is 3.20. The molecule has 0 saturated heterocycles. The molecule has 4 fully saturated rings. The third kappa shape index (κ3) is 2.55. The van der Waals surface area contributed by atoms with Crippen LogP contribution in [0.15, 0.2) is 0 Å². The molecule has 4 saturated carbocycles. The summed E-state index contributed by atoms with van der Waals surface area (Å²) < 4.78 is 4.33. The molecule has 4 heteroatoms. The number of hydrogen-bond donors (Lipinski definition) is 1. The molecule has 4 aliphatic carbocycles. The van der Waals surface area contributed by atoms with E-state index in [1.54, 1.807) is 11.5 Å². The van der Waals surface area contributed by atoms with Crippen LogP contribution in [0.1, 0.15) is 69.9 Å². The molecule has 0 unspecified atom stereocenters. The van der Waals surface area contributed by atoms with Gasteiger partial charge in [-0.25, -0.2) is 0 Å². The zero-order chi connectivity index (χ0) is 14.7. The monoisotopic (exact) mass is 305 g/mol. The minimum Gasteiger partial charge on any atom is -0.307 e. The van der Waals surface area contributed by atoms with E-state index in [4.69, 9.17) is 0 Å². The molecule has 0 atom stereocenters. The summed E-state index contributed by atoms with van der Waals surface area (Å²) in [6.07, 6.45) is 8.62. The van der Waals surface area contributed by atoms with Gasteiger partial charge >= 0.3 is 0 Å². The molecule has 1 aromatic heterocycles. The maximum absolute atomic E-state index is 4.64. The summed E-state index contributed by atoms with van der Waals surface area (Å²) >= 11 is 1.62. The minimum atomic E-state index is 0.155. The van der Waals surface area contributed by atoms with Crippen LogP contribution in [-0.4, -0.2) is 15.1 Å². The summed E-state index contributed by atoms with van der Waals surface area (Å²) in [6, 6.07) is 0. The number of hydrogen-bond acceptors (Lipinski definition) is 4. The van der Waals surface area contributed by atoms with E-state index in [0.29, 0.717) is 5.41 Å². The number of aromatic nitrogens is 2. The van der Waals surface area contributed by atoms with Gasteiger partial charge in [-0.05, 0) is 88.6 Å². The van der Waals surface area contributed by atoms with Gasteiger partial charge < -0.3 is 5.32 Å². The van der Waals surface area contributed by atoms with Crippen LogP contribution in [0, 0.1) is 17.8 Å². The first-order valence-corrected chi connectivity index (χ1v) is 9.28. The molecule has 21 heavy (non-hydrogen) atoms. The Hall–Kier alpha value is -0.480. The highest BCUT2D eigenvalue weighted by Gasteiger charge is 2.53. The molecule has 0 amide bonds. The quantitative estimate of drug-likeness (QED) is 0.920. The van der Waals surface area contributed by atoms with E-state index in [2.05, 4.69) is 35.7 Å². The van der Waals surface area contributed by atoms with Crippen LogP contribution >= 0.6 is 11.5 Å². The van der Waals surface area contributed by atoms with Crippen molar-refractivity contribution in [3.63, 3.8) is 0 Å². The molecular weight excluding hydrogens is 278 g/mol. The molecule has 0 aromatic carbocycles. The molecule has 5 rings (SSSR count). The third-order valence-electron chi connectivity index (χ3n) is 5.88. The normalized spacial score (nSPS) is 38.1. The van der Waals surface area contributed by atoms with Gasteiger partial charge in [-0.2, -0.15) is 0 Å². The van der Waals surface area contributed by atoms with Gasteiger partial charge in [-0.1, -0.05) is 4.49 Å². The number of nitrogens with one attached hydrogen (secondary N) is 1. The van der Waals surface area contributed by atoms with Crippen molar-refractivity contribution in [2.45, 2.75) is 76.8 Å². The number of rotatable bonds is 3. The lowest BCUT2D eigenvalue weighted by molar-refractivity contribution is -0.00765. The summed E-state index contributed by atoms with van der Waals surface area (Å²) in [4.78, 5) is 1.40. The van der Waals surface area contributed by atoms with E-state index in [1.807, 2.05) is 0 Å². The van der Waals surface area contributed by atoms with Crippen LogP contribution < -0.4 is 5.32 Å². The fourth-order valence-electron chi connectivity index (χ4n) is 5.47. The second-order valence-corrected chi connectivity index (χ2v) is 9.68. The van der Waals surface area contributed by atoms with Crippen LogP contribution in [0.4, 0.5) is 0 Å². The van der Waals surface area contributed by atoms with Crippen LogP contribution in [0.3, 0.4) is 0 Å². The molecule has 0 radical (unpaired) electrons. The van der Waals surface area contributed by atoms with Crippen molar-refractivity contribution in [1.29, 1.82) is 0 Å². The van der Waals surface area contributed by atoms with Crippen LogP contribution in [-0.2, 0) is 12.0 Å². The first kappa shape index (κ1) is 14.1. The van der Waals surface area contributed by atoms with E-state index in [0.717, 1.165) is 24.3 Å². The minimum absolute atomic E-state index is 0.155. The molecule has 1 N–H and O–H groups in total. The standard InChI is InChI=1S/C17H27N3S/c1-16(2,3)18-10-14-15(19-20-21-14)17-7-11-4-12(8-17)6-13(5-11)9-17/h11-13,18H,4-10H2,1-3H3. The third-order valence-corrected chi connectivity index (χ3v) is 6.60. The molecule has 1 heterocycles. The van der Waals surface area contributed by atoms with Gasteiger partial charge in [0.2, 0.25) is 0 Å². The molecule has 1 aromatic rings. The van der Waals surface area contributed by atoms with E-state index >= 15 is 0 Å². The second-order valence-electron chi connectivity index (χ2n) is 8.85. The van der Waals surface area contributed by atoms with Crippen LogP contribution in [0.5, 0.6) is 0 Å². The van der Waals surface area contributed by atoms with Crippen molar-refractivity contribution >= 4 is 11.5 Å². The highest BCUT2D eigenvalue weighted by molar-refractivity contribution is 7.05. The van der Waals surface area contributed by atoms with Gasteiger partial charge in [-0.15, -0.1) is 5.10 Å². The summed E-state index contributed by atoms with van der Waals surface area (Å²) in [5, 5.41) is 8.26. The zero-order valence-electron chi connectivity index (χ0n) is 13.5. The molecule has 0 aliphatic heterocycles. The molecule has 4 bridgehead atoms. The van der Waals surface area contributed by atoms with E-state index in [1.165, 1.54) is 49.1 Å². The summed E-state index contributed by atoms with van der Waals surface area (Å²) in [7, 11) is 0. The maximum atomic E-state index is 4.64. The van der Waals surface area contributed by atoms with Gasteiger partial charge in [-0.3, -0.25) is 0 Å². The van der Waals surface area contributed by atoms with Crippen molar-refractivity contribution in [1.82, 2.24) is 14.9 Å². The van der Waals surface area contributed by atoms with Crippen molar-refractivity contribution in [3.05, 3.63) is 10.6 Å². The van der Waals surface area contributed by atoms with Crippen molar-refractivity contribution in [2.24, 2.45) is 17.8 Å². The Morgan fingerprint density at radius 2 is 1.67 bits per heavy atom. The summed E-state index contributed by atoms with van der Waals surface area (Å²) in [5.74, 6) is 2.92. The Balaban J connectivity index is 1.60. The predicted octanol–water partition coefficient (Wildman–Crippen LogP) is 3.89. The van der Waals surface area contributed by atoms with Gasteiger partial charge in [0.1, 0.15) is 0 Å². The van der Waals surface area contributed by atoms with E-state index in [-0.39, 0.29) is 5.54 Å². The predicted molar refractivity (Wildman–Crippen MR) is 86.4 cm³/mol. The van der Waals surface area contributed by atoms with Crippen molar-refractivity contribution in [3.8, 4) is 0 Å². The van der Waals surface area contributed by atoms with Crippen LogP contribution in [0.25, 0.3) is 0 Å². The Morgan fingerprint density at radius 3 is 2.19 bits per heavy atom. The topological polar surface area (TPSA) is 37.8 Å². The lowest BCUT2D eigenvalue weighted by Gasteiger charge is -2.56. The molecule has 4 aliphatic rings. The average molecular weight is 305 g/mol. The highest BCUT2D eigenvalue weighted by atomic mass is 32.1. The molecule has 116 valence electrons. The van der Waals surface area contributed by atoms with E-state index in [9.17, 15) is 0 Å².